The van der Waals surface area contributed by atoms with Gasteiger partial charge >= 0.3 is 0 Å². The third kappa shape index (κ3) is 2.45. The van der Waals surface area contributed by atoms with Crippen LogP contribution in [-0.4, -0.2) is 9.78 Å². The summed E-state index contributed by atoms with van der Waals surface area (Å²) in [6, 6.07) is 14.6. The van der Waals surface area contributed by atoms with E-state index in [1.807, 2.05) is 23.0 Å². The second-order valence-corrected chi connectivity index (χ2v) is 5.41. The highest BCUT2D eigenvalue weighted by Crippen LogP contribution is 2.19. The van der Waals surface area contributed by atoms with E-state index in [2.05, 4.69) is 49.3 Å². The van der Waals surface area contributed by atoms with Crippen LogP contribution >= 0.6 is 0 Å². The summed E-state index contributed by atoms with van der Waals surface area (Å²) in [6.07, 6.45) is 1.89. The molecule has 102 valence electrons. The molecule has 0 fully saturated rings. The smallest absolute Gasteiger partial charge is 0.0683 e. The normalized spacial score (nSPS) is 12.8. The van der Waals surface area contributed by atoms with Gasteiger partial charge in [-0.25, -0.2) is 0 Å². The molecule has 1 aromatic heterocycles. The Bertz CT molecular complexity index is 723. The fraction of sp³-hybridized carbons (Fsp3) is 0.235. The first-order valence-corrected chi connectivity index (χ1v) is 6.88. The van der Waals surface area contributed by atoms with E-state index in [1.165, 1.54) is 16.7 Å². The molecular formula is C17H19N3. The van der Waals surface area contributed by atoms with Gasteiger partial charge in [-0.1, -0.05) is 47.5 Å². The number of aryl methyl sites for hydroxylation is 2. The first kappa shape index (κ1) is 12.9. The number of benzene rings is 2. The van der Waals surface area contributed by atoms with E-state index in [9.17, 15) is 0 Å². The van der Waals surface area contributed by atoms with Gasteiger partial charge in [-0.2, -0.15) is 5.10 Å². The molecule has 3 nitrogen and oxygen atoms in total. The monoisotopic (exact) mass is 265 g/mol. The van der Waals surface area contributed by atoms with Gasteiger partial charge in [0.15, 0.2) is 0 Å². The zero-order valence-corrected chi connectivity index (χ0v) is 11.9. The number of aromatic nitrogens is 2. The van der Waals surface area contributed by atoms with Gasteiger partial charge in [0, 0.05) is 11.4 Å². The van der Waals surface area contributed by atoms with Gasteiger partial charge in [-0.05, 0) is 25.5 Å². The molecule has 3 aromatic rings. The van der Waals surface area contributed by atoms with Gasteiger partial charge in [0.1, 0.15) is 0 Å². The van der Waals surface area contributed by atoms with Crippen LogP contribution in [0.3, 0.4) is 0 Å². The van der Waals surface area contributed by atoms with E-state index in [0.717, 1.165) is 10.9 Å². The molecule has 0 spiro atoms. The number of fused-ring (bicyclic) bond motifs is 1. The Labute approximate surface area is 119 Å². The maximum atomic E-state index is 6.35. The highest BCUT2D eigenvalue weighted by molar-refractivity contribution is 5.78. The van der Waals surface area contributed by atoms with Crippen LogP contribution < -0.4 is 5.73 Å². The van der Waals surface area contributed by atoms with Crippen molar-refractivity contribution in [2.45, 2.75) is 26.4 Å². The van der Waals surface area contributed by atoms with Crippen LogP contribution in [0.5, 0.6) is 0 Å². The molecule has 0 aliphatic heterocycles. The first-order chi connectivity index (χ1) is 9.63. The second kappa shape index (κ2) is 5.10. The van der Waals surface area contributed by atoms with Crippen LogP contribution in [0, 0.1) is 13.8 Å². The Balaban J connectivity index is 1.90. The maximum Gasteiger partial charge on any atom is 0.0683 e. The summed E-state index contributed by atoms with van der Waals surface area (Å²) < 4.78 is 1.98. The van der Waals surface area contributed by atoms with Crippen LogP contribution in [0.4, 0.5) is 0 Å². The number of para-hydroxylation sites is 1. The first-order valence-electron chi connectivity index (χ1n) is 6.88. The third-order valence-electron chi connectivity index (χ3n) is 3.59. The Hall–Kier alpha value is -2.13. The van der Waals surface area contributed by atoms with Gasteiger partial charge in [0.25, 0.3) is 0 Å². The molecule has 0 bridgehead atoms. The van der Waals surface area contributed by atoms with Crippen molar-refractivity contribution in [2.75, 3.05) is 0 Å². The van der Waals surface area contributed by atoms with Gasteiger partial charge in [0.2, 0.25) is 0 Å². The summed E-state index contributed by atoms with van der Waals surface area (Å²) in [4.78, 5) is 0. The van der Waals surface area contributed by atoms with Crippen molar-refractivity contribution in [1.82, 2.24) is 9.78 Å². The molecule has 0 aliphatic rings. The molecule has 2 N–H and O–H groups in total. The van der Waals surface area contributed by atoms with Crippen molar-refractivity contribution in [1.29, 1.82) is 0 Å². The molecule has 0 saturated carbocycles. The number of hydrogen-bond acceptors (Lipinski definition) is 2. The molecule has 0 amide bonds. The van der Waals surface area contributed by atoms with Crippen molar-refractivity contribution < 1.29 is 0 Å². The number of nitrogens with two attached hydrogens (primary N) is 1. The van der Waals surface area contributed by atoms with E-state index in [-0.39, 0.29) is 6.04 Å². The number of hydrogen-bond donors (Lipinski definition) is 1. The average molecular weight is 265 g/mol. The largest absolute Gasteiger partial charge is 0.322 e. The summed E-state index contributed by atoms with van der Waals surface area (Å²) in [5.41, 5.74) is 11.2. The Morgan fingerprint density at radius 2 is 1.80 bits per heavy atom. The molecule has 20 heavy (non-hydrogen) atoms. The molecule has 3 heteroatoms. The van der Waals surface area contributed by atoms with Gasteiger partial charge < -0.3 is 5.73 Å². The third-order valence-corrected chi connectivity index (χ3v) is 3.59. The number of nitrogens with zero attached hydrogens (tertiary/aromatic N) is 2. The molecule has 3 rings (SSSR count). The number of rotatable bonds is 3. The van der Waals surface area contributed by atoms with E-state index in [1.54, 1.807) is 0 Å². The van der Waals surface area contributed by atoms with Crippen LogP contribution in [-0.2, 0) is 6.54 Å². The summed E-state index contributed by atoms with van der Waals surface area (Å²) in [6.45, 7) is 4.90. The molecule has 1 unspecified atom stereocenters. The van der Waals surface area contributed by atoms with E-state index < -0.39 is 0 Å². The zero-order valence-electron chi connectivity index (χ0n) is 11.9. The van der Waals surface area contributed by atoms with Crippen molar-refractivity contribution >= 4 is 10.9 Å². The average Bonchev–Trinajstić information content (AvgIpc) is 2.81. The Morgan fingerprint density at radius 3 is 2.55 bits per heavy atom. The highest BCUT2D eigenvalue weighted by atomic mass is 15.3. The van der Waals surface area contributed by atoms with Gasteiger partial charge in [0.05, 0.1) is 18.3 Å². The lowest BCUT2D eigenvalue weighted by Gasteiger charge is -2.14. The summed E-state index contributed by atoms with van der Waals surface area (Å²) in [7, 11) is 0. The molecule has 1 atom stereocenters. The van der Waals surface area contributed by atoms with Gasteiger partial charge in [-0.15, -0.1) is 0 Å². The molecular weight excluding hydrogens is 246 g/mol. The predicted octanol–water partition coefficient (Wildman–Crippen LogP) is 3.35. The van der Waals surface area contributed by atoms with E-state index in [0.29, 0.717) is 6.54 Å². The zero-order chi connectivity index (χ0) is 14.1. The Kier molecular flexibility index (Phi) is 3.28. The molecule has 1 heterocycles. The molecule has 2 aromatic carbocycles. The second-order valence-electron chi connectivity index (χ2n) is 5.41. The summed E-state index contributed by atoms with van der Waals surface area (Å²) in [5.74, 6) is 0. The van der Waals surface area contributed by atoms with Crippen molar-refractivity contribution in [2.24, 2.45) is 5.73 Å². The quantitative estimate of drug-likeness (QED) is 0.789. The lowest BCUT2D eigenvalue weighted by Crippen LogP contribution is -2.18. The standard InChI is InChI=1S/C17H19N3/c1-12-7-13(2)9-15(8-12)16(18)11-20-17-6-4-3-5-14(17)10-19-20/h3-10,16H,11,18H2,1-2H3. The molecule has 0 radical (unpaired) electrons. The Morgan fingerprint density at radius 1 is 1.10 bits per heavy atom. The minimum absolute atomic E-state index is 0.0445. The fourth-order valence-electron chi connectivity index (χ4n) is 2.69. The summed E-state index contributed by atoms with van der Waals surface area (Å²) in [5, 5.41) is 5.60. The molecule has 0 saturated heterocycles. The lowest BCUT2D eigenvalue weighted by molar-refractivity contribution is 0.541. The van der Waals surface area contributed by atoms with Crippen molar-refractivity contribution in [3.8, 4) is 0 Å². The highest BCUT2D eigenvalue weighted by Gasteiger charge is 2.10. The van der Waals surface area contributed by atoms with Crippen molar-refractivity contribution in [3.63, 3.8) is 0 Å². The van der Waals surface area contributed by atoms with E-state index >= 15 is 0 Å². The minimum atomic E-state index is -0.0445. The topological polar surface area (TPSA) is 43.8 Å². The lowest BCUT2D eigenvalue weighted by atomic mass is 10.0. The SMILES string of the molecule is Cc1cc(C)cc(C(N)Cn2ncc3ccccc32)c1. The fourth-order valence-corrected chi connectivity index (χ4v) is 2.69. The molecule has 0 aliphatic carbocycles. The summed E-state index contributed by atoms with van der Waals surface area (Å²) >= 11 is 0. The minimum Gasteiger partial charge on any atom is -0.322 e. The predicted molar refractivity (Wildman–Crippen MR) is 82.6 cm³/mol. The van der Waals surface area contributed by atoms with Gasteiger partial charge in [-0.3, -0.25) is 4.68 Å². The van der Waals surface area contributed by atoms with Crippen LogP contribution in [0.25, 0.3) is 10.9 Å². The van der Waals surface area contributed by atoms with Crippen LogP contribution in [0.15, 0.2) is 48.7 Å². The van der Waals surface area contributed by atoms with Crippen LogP contribution in [0.2, 0.25) is 0 Å². The van der Waals surface area contributed by atoms with Crippen molar-refractivity contribution in [3.05, 3.63) is 65.4 Å². The maximum absolute atomic E-state index is 6.35. The van der Waals surface area contributed by atoms with E-state index in [4.69, 9.17) is 5.73 Å². The van der Waals surface area contributed by atoms with Crippen LogP contribution in [0.1, 0.15) is 22.7 Å².